The molecule has 2 aliphatic rings. The van der Waals surface area contributed by atoms with E-state index >= 15 is 0 Å². The first-order valence-corrected chi connectivity index (χ1v) is 5.14. The van der Waals surface area contributed by atoms with Gasteiger partial charge in [-0.15, -0.1) is 0 Å². The Kier molecular flexibility index (Phi) is 2.15. The van der Waals surface area contributed by atoms with Crippen LogP contribution in [-0.2, 0) is 4.74 Å². The Hall–Kier alpha value is 0.650. The maximum Gasteiger partial charge on any atom is 0.109 e. The molecule has 2 saturated heterocycles. The zero-order valence-corrected chi connectivity index (χ0v) is 8.00. The lowest BCUT2D eigenvalue weighted by Gasteiger charge is -2.32. The average molecular weight is 253 g/mol. The maximum absolute atomic E-state index is 5.69. The molecule has 2 rings (SSSR count). The molecule has 2 aliphatic heterocycles. The lowest BCUT2D eigenvalue weighted by Crippen LogP contribution is -2.50. The van der Waals surface area contributed by atoms with Crippen molar-refractivity contribution in [1.29, 1.82) is 0 Å². The number of hydrogen-bond acceptors (Lipinski definition) is 2. The zero-order chi connectivity index (χ0) is 6.97. The number of nitrogens with one attached hydrogen (secondary N) is 1. The number of rotatable bonds is 1. The molecule has 10 heavy (non-hydrogen) atoms. The van der Waals surface area contributed by atoms with Crippen LogP contribution in [0.15, 0.2) is 0 Å². The van der Waals surface area contributed by atoms with Gasteiger partial charge in [-0.25, -0.2) is 0 Å². The quantitative estimate of drug-likeness (QED) is 0.561. The van der Waals surface area contributed by atoms with Gasteiger partial charge in [-0.05, 0) is 25.8 Å². The maximum atomic E-state index is 5.69. The second-order valence-corrected chi connectivity index (χ2v) is 4.40. The molecule has 0 aromatic carbocycles. The highest BCUT2D eigenvalue weighted by Gasteiger charge is 2.33. The van der Waals surface area contributed by atoms with E-state index in [0.29, 0.717) is 16.3 Å². The standard InChI is InChI=1S/C7H12INO/c8-7-2-1-6(10-7)5-3-4-9-5/h5-7,9H,1-4H2. The Balaban J connectivity index is 1.82. The Morgan fingerprint density at radius 1 is 1.30 bits per heavy atom. The van der Waals surface area contributed by atoms with E-state index < -0.39 is 0 Å². The van der Waals surface area contributed by atoms with Crippen LogP contribution in [0.1, 0.15) is 19.3 Å². The third-order valence-electron chi connectivity index (χ3n) is 2.31. The summed E-state index contributed by atoms with van der Waals surface area (Å²) < 4.78 is 6.17. The largest absolute Gasteiger partial charge is 0.363 e. The van der Waals surface area contributed by atoms with Crippen molar-refractivity contribution < 1.29 is 4.74 Å². The summed E-state index contributed by atoms with van der Waals surface area (Å²) in [6, 6.07) is 0.680. The highest BCUT2D eigenvalue weighted by molar-refractivity contribution is 14.1. The van der Waals surface area contributed by atoms with Gasteiger partial charge in [0.05, 0.1) is 6.10 Å². The molecule has 2 nitrogen and oxygen atoms in total. The van der Waals surface area contributed by atoms with Crippen LogP contribution in [0, 0.1) is 0 Å². The highest BCUT2D eigenvalue weighted by atomic mass is 127. The fraction of sp³-hybridized carbons (Fsp3) is 1.00. The fourth-order valence-electron chi connectivity index (χ4n) is 1.55. The lowest BCUT2D eigenvalue weighted by molar-refractivity contribution is 0.0493. The van der Waals surface area contributed by atoms with Gasteiger partial charge in [-0.2, -0.15) is 0 Å². The minimum absolute atomic E-state index is 0.477. The number of halogens is 1. The summed E-state index contributed by atoms with van der Waals surface area (Å²) in [7, 11) is 0. The van der Waals surface area contributed by atoms with Crippen molar-refractivity contribution in [3.05, 3.63) is 0 Å². The molecule has 3 unspecified atom stereocenters. The topological polar surface area (TPSA) is 21.3 Å². The third-order valence-corrected chi connectivity index (χ3v) is 3.23. The van der Waals surface area contributed by atoms with Crippen LogP contribution in [0.4, 0.5) is 0 Å². The average Bonchev–Trinajstić information content (AvgIpc) is 2.10. The predicted octanol–water partition coefficient (Wildman–Crippen LogP) is 1.29. The lowest BCUT2D eigenvalue weighted by atomic mass is 9.99. The van der Waals surface area contributed by atoms with Gasteiger partial charge in [-0.1, -0.05) is 22.6 Å². The van der Waals surface area contributed by atoms with Crippen molar-refractivity contribution >= 4 is 22.6 Å². The molecule has 3 atom stereocenters. The van der Waals surface area contributed by atoms with Crippen molar-refractivity contribution in [2.45, 2.75) is 35.5 Å². The molecule has 0 saturated carbocycles. The molecule has 0 aromatic heterocycles. The fourth-order valence-corrected chi connectivity index (χ4v) is 2.28. The first-order valence-electron chi connectivity index (χ1n) is 3.89. The van der Waals surface area contributed by atoms with Crippen LogP contribution in [-0.4, -0.2) is 22.8 Å². The highest BCUT2D eigenvalue weighted by Crippen LogP contribution is 2.28. The van der Waals surface area contributed by atoms with E-state index in [1.165, 1.54) is 25.8 Å². The summed E-state index contributed by atoms with van der Waals surface area (Å²) >= 11 is 2.37. The SMILES string of the molecule is IC1CCC(C2CCN2)O1. The van der Waals surface area contributed by atoms with E-state index in [-0.39, 0.29) is 0 Å². The Bertz CT molecular complexity index is 127. The summed E-state index contributed by atoms with van der Waals surface area (Å²) in [5, 5.41) is 3.38. The van der Waals surface area contributed by atoms with Crippen molar-refractivity contribution in [2.24, 2.45) is 0 Å². The van der Waals surface area contributed by atoms with Crippen molar-refractivity contribution in [2.75, 3.05) is 6.54 Å². The Morgan fingerprint density at radius 2 is 2.10 bits per heavy atom. The van der Waals surface area contributed by atoms with E-state index in [0.717, 1.165) is 0 Å². The van der Waals surface area contributed by atoms with Gasteiger partial charge in [0.1, 0.15) is 4.11 Å². The monoisotopic (exact) mass is 253 g/mol. The van der Waals surface area contributed by atoms with E-state index in [2.05, 4.69) is 27.9 Å². The number of hydrogen-bond donors (Lipinski definition) is 1. The molecule has 0 bridgehead atoms. The molecule has 2 fully saturated rings. The summed E-state index contributed by atoms with van der Waals surface area (Å²) in [4.78, 5) is 0. The van der Waals surface area contributed by atoms with Gasteiger partial charge in [-0.3, -0.25) is 0 Å². The molecule has 3 heteroatoms. The molecule has 2 heterocycles. The Labute approximate surface area is 74.8 Å². The minimum atomic E-state index is 0.477. The molecule has 0 amide bonds. The summed E-state index contributed by atoms with van der Waals surface area (Å²) in [6.45, 7) is 1.19. The van der Waals surface area contributed by atoms with E-state index in [4.69, 9.17) is 4.74 Å². The number of ether oxygens (including phenoxy) is 1. The first kappa shape index (κ1) is 7.31. The van der Waals surface area contributed by atoms with Crippen molar-refractivity contribution in [1.82, 2.24) is 5.32 Å². The molecule has 0 aliphatic carbocycles. The smallest absolute Gasteiger partial charge is 0.109 e. The van der Waals surface area contributed by atoms with Gasteiger partial charge in [0, 0.05) is 6.04 Å². The minimum Gasteiger partial charge on any atom is -0.363 e. The predicted molar refractivity (Wildman–Crippen MR) is 48.3 cm³/mol. The van der Waals surface area contributed by atoms with Crippen LogP contribution >= 0.6 is 22.6 Å². The molecular formula is C7H12INO. The normalized spacial score (nSPS) is 47.1. The summed E-state index contributed by atoms with van der Waals surface area (Å²) in [5.41, 5.74) is 0. The van der Waals surface area contributed by atoms with Crippen molar-refractivity contribution in [3.63, 3.8) is 0 Å². The second-order valence-electron chi connectivity index (χ2n) is 3.01. The number of alkyl halides is 1. The zero-order valence-electron chi connectivity index (χ0n) is 5.85. The van der Waals surface area contributed by atoms with Crippen LogP contribution < -0.4 is 5.32 Å². The van der Waals surface area contributed by atoms with Crippen molar-refractivity contribution in [3.8, 4) is 0 Å². The Morgan fingerprint density at radius 3 is 2.50 bits per heavy atom. The van der Waals surface area contributed by atoms with E-state index in [1.807, 2.05) is 0 Å². The molecular weight excluding hydrogens is 241 g/mol. The third kappa shape index (κ3) is 1.31. The first-order chi connectivity index (χ1) is 4.86. The molecule has 0 radical (unpaired) electrons. The van der Waals surface area contributed by atoms with Crippen LogP contribution in [0.2, 0.25) is 0 Å². The second kappa shape index (κ2) is 2.95. The molecule has 1 N–H and O–H groups in total. The molecule has 58 valence electrons. The van der Waals surface area contributed by atoms with Gasteiger partial charge in [0.2, 0.25) is 0 Å². The van der Waals surface area contributed by atoms with Gasteiger partial charge >= 0.3 is 0 Å². The van der Waals surface area contributed by atoms with Gasteiger partial charge < -0.3 is 10.1 Å². The van der Waals surface area contributed by atoms with Crippen LogP contribution in [0.25, 0.3) is 0 Å². The van der Waals surface area contributed by atoms with E-state index in [1.54, 1.807) is 0 Å². The van der Waals surface area contributed by atoms with Gasteiger partial charge in [0.15, 0.2) is 0 Å². The summed E-state index contributed by atoms with van der Waals surface area (Å²) in [5.74, 6) is 0. The van der Waals surface area contributed by atoms with Crippen LogP contribution in [0.3, 0.4) is 0 Å². The molecule has 0 aromatic rings. The summed E-state index contributed by atoms with van der Waals surface area (Å²) in [6.07, 6.45) is 4.33. The van der Waals surface area contributed by atoms with E-state index in [9.17, 15) is 0 Å². The van der Waals surface area contributed by atoms with Gasteiger partial charge in [0.25, 0.3) is 0 Å². The van der Waals surface area contributed by atoms with Crippen LogP contribution in [0.5, 0.6) is 0 Å². The molecule has 0 spiro atoms.